The number of nitrogens with two attached hydrogens (primary N) is 1. The molecule has 0 aliphatic carbocycles. The van der Waals surface area contributed by atoms with Crippen LogP contribution in [0.15, 0.2) is 23.1 Å². The first-order valence-corrected chi connectivity index (χ1v) is 7.93. The molecule has 2 N–H and O–H groups in total. The van der Waals surface area contributed by atoms with Gasteiger partial charge in [-0.1, -0.05) is 6.07 Å². The molecule has 1 aromatic rings. The molecule has 0 aromatic heterocycles. The molecule has 0 amide bonds. The second-order valence-corrected chi connectivity index (χ2v) is 6.47. The Morgan fingerprint density at radius 1 is 1.30 bits per heavy atom. The Morgan fingerprint density at radius 3 is 2.40 bits per heavy atom. The van der Waals surface area contributed by atoms with Crippen LogP contribution < -0.4 is 15.2 Å². The lowest BCUT2D eigenvalue weighted by atomic mass is 10.2. The second kappa shape index (κ2) is 5.99. The molecule has 7 heteroatoms. The Kier molecular flexibility index (Phi) is 4.52. The van der Waals surface area contributed by atoms with Gasteiger partial charge in [0, 0.05) is 19.1 Å². The van der Waals surface area contributed by atoms with Gasteiger partial charge in [0.1, 0.15) is 11.5 Å². The molecule has 1 aromatic carbocycles. The molecule has 2 rings (SSSR count). The summed E-state index contributed by atoms with van der Waals surface area (Å²) in [5.74, 6) is 0.569. The molecule has 0 spiro atoms. The maximum absolute atomic E-state index is 12.9. The van der Waals surface area contributed by atoms with Crippen molar-refractivity contribution >= 4 is 10.0 Å². The van der Waals surface area contributed by atoms with Crippen molar-refractivity contribution < 1.29 is 17.9 Å². The third-order valence-electron chi connectivity index (χ3n) is 3.54. The first-order chi connectivity index (χ1) is 9.56. The average Bonchev–Trinajstić information content (AvgIpc) is 2.95. The normalized spacial score (nSPS) is 20.1. The van der Waals surface area contributed by atoms with Crippen LogP contribution >= 0.6 is 0 Å². The van der Waals surface area contributed by atoms with Gasteiger partial charge in [0.2, 0.25) is 0 Å². The summed E-state index contributed by atoms with van der Waals surface area (Å²) in [5.41, 5.74) is 5.67. The Bertz CT molecular complexity index is 551. The first kappa shape index (κ1) is 15.1. The molecule has 20 heavy (non-hydrogen) atoms. The van der Waals surface area contributed by atoms with Crippen LogP contribution in [0.2, 0.25) is 0 Å². The molecule has 0 saturated carbocycles. The molecule has 1 aliphatic heterocycles. The van der Waals surface area contributed by atoms with Crippen LogP contribution in [0.1, 0.15) is 12.8 Å². The van der Waals surface area contributed by atoms with E-state index in [2.05, 4.69) is 0 Å². The minimum absolute atomic E-state index is 0.0744. The van der Waals surface area contributed by atoms with E-state index in [1.807, 2.05) is 0 Å². The number of hydrogen-bond donors (Lipinski definition) is 1. The Balaban J connectivity index is 2.54. The quantitative estimate of drug-likeness (QED) is 0.870. The van der Waals surface area contributed by atoms with Crippen LogP contribution in [0.4, 0.5) is 0 Å². The summed E-state index contributed by atoms with van der Waals surface area (Å²) in [6, 6.07) is 4.77. The summed E-state index contributed by atoms with van der Waals surface area (Å²) >= 11 is 0. The van der Waals surface area contributed by atoms with E-state index in [0.29, 0.717) is 13.1 Å². The molecular formula is C13H20N2O4S. The molecule has 6 nitrogen and oxygen atoms in total. The fourth-order valence-corrected chi connectivity index (χ4v) is 4.55. The zero-order valence-electron chi connectivity index (χ0n) is 11.7. The van der Waals surface area contributed by atoms with Crippen LogP contribution in [0.5, 0.6) is 11.5 Å². The van der Waals surface area contributed by atoms with Gasteiger partial charge in [-0.3, -0.25) is 0 Å². The lowest BCUT2D eigenvalue weighted by Crippen LogP contribution is -2.40. The zero-order chi connectivity index (χ0) is 14.8. The highest BCUT2D eigenvalue weighted by atomic mass is 32.2. The molecular weight excluding hydrogens is 280 g/mol. The van der Waals surface area contributed by atoms with Gasteiger partial charge in [-0.2, -0.15) is 4.31 Å². The van der Waals surface area contributed by atoms with Gasteiger partial charge in [-0.25, -0.2) is 8.42 Å². The number of hydrogen-bond acceptors (Lipinski definition) is 5. The average molecular weight is 300 g/mol. The van der Waals surface area contributed by atoms with Crippen molar-refractivity contribution in [1.29, 1.82) is 0 Å². The summed E-state index contributed by atoms with van der Waals surface area (Å²) in [6.07, 6.45) is 1.60. The topological polar surface area (TPSA) is 81.9 Å². The highest BCUT2D eigenvalue weighted by Gasteiger charge is 2.38. The van der Waals surface area contributed by atoms with Crippen LogP contribution in [0.25, 0.3) is 0 Å². The predicted molar refractivity (Wildman–Crippen MR) is 75.5 cm³/mol. The molecule has 1 heterocycles. The Labute approximate surface area is 119 Å². The number of sulfonamides is 1. The lowest BCUT2D eigenvalue weighted by molar-refractivity contribution is 0.358. The van der Waals surface area contributed by atoms with Crippen molar-refractivity contribution in [2.75, 3.05) is 27.3 Å². The number of rotatable bonds is 5. The highest BCUT2D eigenvalue weighted by Crippen LogP contribution is 2.37. The fraction of sp³-hybridized carbons (Fsp3) is 0.538. The van der Waals surface area contributed by atoms with Crippen molar-refractivity contribution in [2.24, 2.45) is 5.73 Å². The maximum atomic E-state index is 12.9. The first-order valence-electron chi connectivity index (χ1n) is 6.49. The molecule has 0 bridgehead atoms. The van der Waals surface area contributed by atoms with Gasteiger partial charge in [-0.15, -0.1) is 0 Å². The minimum atomic E-state index is -3.68. The largest absolute Gasteiger partial charge is 0.495 e. The van der Waals surface area contributed by atoms with E-state index < -0.39 is 10.0 Å². The summed E-state index contributed by atoms with van der Waals surface area (Å²) < 4.78 is 37.6. The van der Waals surface area contributed by atoms with Gasteiger partial charge in [0.25, 0.3) is 10.0 Å². The minimum Gasteiger partial charge on any atom is -0.495 e. The van der Waals surface area contributed by atoms with E-state index in [1.165, 1.54) is 18.5 Å². The van der Waals surface area contributed by atoms with Crippen molar-refractivity contribution in [3.63, 3.8) is 0 Å². The van der Waals surface area contributed by atoms with Crippen molar-refractivity contribution in [3.05, 3.63) is 18.2 Å². The van der Waals surface area contributed by atoms with Crippen LogP contribution in [0.3, 0.4) is 0 Å². The number of benzene rings is 1. The third kappa shape index (κ3) is 2.48. The van der Waals surface area contributed by atoms with Crippen LogP contribution in [0, 0.1) is 0 Å². The molecule has 1 aliphatic rings. The lowest BCUT2D eigenvalue weighted by Gasteiger charge is -2.24. The summed E-state index contributed by atoms with van der Waals surface area (Å²) in [6.45, 7) is 0.794. The second-order valence-electron chi connectivity index (χ2n) is 4.64. The molecule has 1 fully saturated rings. The van der Waals surface area contributed by atoms with E-state index in [0.717, 1.165) is 12.8 Å². The number of nitrogens with zero attached hydrogens (tertiary/aromatic N) is 1. The number of methoxy groups -OCH3 is 2. The van der Waals surface area contributed by atoms with E-state index in [-0.39, 0.29) is 22.4 Å². The molecule has 1 atom stereocenters. The van der Waals surface area contributed by atoms with Gasteiger partial charge in [0.15, 0.2) is 4.90 Å². The smallest absolute Gasteiger partial charge is 0.250 e. The summed E-state index contributed by atoms with van der Waals surface area (Å²) in [5, 5.41) is 0. The van der Waals surface area contributed by atoms with E-state index in [1.54, 1.807) is 18.2 Å². The van der Waals surface area contributed by atoms with E-state index in [4.69, 9.17) is 15.2 Å². The number of ether oxygens (including phenoxy) is 2. The van der Waals surface area contributed by atoms with Gasteiger partial charge in [-0.05, 0) is 25.0 Å². The van der Waals surface area contributed by atoms with Crippen LogP contribution in [-0.2, 0) is 10.0 Å². The zero-order valence-corrected chi connectivity index (χ0v) is 12.5. The summed E-state index contributed by atoms with van der Waals surface area (Å²) in [7, 11) is -0.797. The predicted octanol–water partition coefficient (Wildman–Crippen LogP) is 0.816. The van der Waals surface area contributed by atoms with Crippen LogP contribution in [-0.4, -0.2) is 46.1 Å². The van der Waals surface area contributed by atoms with Gasteiger partial charge < -0.3 is 15.2 Å². The molecule has 112 valence electrons. The Morgan fingerprint density at radius 2 is 1.90 bits per heavy atom. The maximum Gasteiger partial charge on any atom is 0.250 e. The Hall–Kier alpha value is -1.31. The van der Waals surface area contributed by atoms with Crippen molar-refractivity contribution in [1.82, 2.24) is 4.31 Å². The third-order valence-corrected chi connectivity index (χ3v) is 5.56. The molecule has 0 radical (unpaired) electrons. The highest BCUT2D eigenvalue weighted by molar-refractivity contribution is 7.89. The monoisotopic (exact) mass is 300 g/mol. The standard InChI is InChI=1S/C13H20N2O4S/c1-18-11-6-3-7-12(19-2)13(11)20(16,17)15-8-4-5-10(15)9-14/h3,6-7,10H,4-5,8-9,14H2,1-2H3. The van der Waals surface area contributed by atoms with Crippen molar-refractivity contribution in [2.45, 2.75) is 23.8 Å². The molecule has 1 saturated heterocycles. The van der Waals surface area contributed by atoms with E-state index >= 15 is 0 Å². The fourth-order valence-electron chi connectivity index (χ4n) is 2.55. The van der Waals surface area contributed by atoms with Gasteiger partial charge >= 0.3 is 0 Å². The summed E-state index contributed by atoms with van der Waals surface area (Å²) in [4.78, 5) is 0.0744. The van der Waals surface area contributed by atoms with Gasteiger partial charge in [0.05, 0.1) is 14.2 Å². The molecule has 1 unspecified atom stereocenters. The SMILES string of the molecule is COc1cccc(OC)c1S(=O)(=O)N1CCCC1CN. The van der Waals surface area contributed by atoms with Crippen molar-refractivity contribution in [3.8, 4) is 11.5 Å². The van der Waals surface area contributed by atoms with E-state index in [9.17, 15) is 8.42 Å².